The van der Waals surface area contributed by atoms with E-state index >= 15 is 0 Å². The van der Waals surface area contributed by atoms with Crippen LogP contribution >= 0.6 is 0 Å². The Hall–Kier alpha value is -4.48. The molecule has 7 rings (SSSR count). The Bertz CT molecular complexity index is 1740. The molecule has 3 atom stereocenters. The van der Waals surface area contributed by atoms with Gasteiger partial charge in [-0.25, -0.2) is 23.9 Å². The molecule has 2 aliphatic rings. The van der Waals surface area contributed by atoms with Gasteiger partial charge in [-0.3, -0.25) is 4.68 Å². The van der Waals surface area contributed by atoms with Crippen LogP contribution in [-0.2, 0) is 5.54 Å². The van der Waals surface area contributed by atoms with Crippen molar-refractivity contribution in [3.8, 4) is 11.1 Å². The van der Waals surface area contributed by atoms with Crippen molar-refractivity contribution in [3.63, 3.8) is 0 Å². The molecule has 1 aliphatic carbocycles. The molecule has 0 amide bonds. The predicted octanol–water partition coefficient (Wildman–Crippen LogP) is 3.73. The number of hydrogen-bond acceptors (Lipinski definition) is 8. The molecule has 5 aromatic rings. The molecule has 0 radical (unpaired) electrons. The first kappa shape index (κ1) is 25.5. The lowest BCUT2D eigenvalue weighted by Gasteiger charge is -2.32. The first-order valence-electron chi connectivity index (χ1n) is 13.7. The third-order valence-corrected chi connectivity index (χ3v) is 8.36. The second-order valence-corrected chi connectivity index (χ2v) is 11.0. The highest BCUT2D eigenvalue weighted by atomic mass is 19.1. The molecule has 208 valence electrons. The summed E-state index contributed by atoms with van der Waals surface area (Å²) in [6.45, 7) is 3.25. The number of hydrogen-bond donors (Lipinski definition) is 2. The fourth-order valence-corrected chi connectivity index (χ4v) is 5.56. The van der Waals surface area contributed by atoms with Crippen LogP contribution in [0.5, 0.6) is 0 Å². The van der Waals surface area contributed by atoms with E-state index in [0.29, 0.717) is 12.5 Å². The Morgan fingerprint density at radius 3 is 2.46 bits per heavy atom. The topological polar surface area (TPSA) is 123 Å². The molecule has 4 aromatic heterocycles. The Labute approximate surface area is 236 Å². The molecule has 1 aliphatic heterocycles. The van der Waals surface area contributed by atoms with Gasteiger partial charge >= 0.3 is 0 Å². The number of anilines is 1. The van der Waals surface area contributed by atoms with Crippen LogP contribution in [-0.4, -0.2) is 58.6 Å². The molecule has 3 N–H and O–H groups in total. The minimum Gasteiger partial charge on any atom is -0.391 e. The molecular weight excluding hydrogens is 521 g/mol. The van der Waals surface area contributed by atoms with Gasteiger partial charge < -0.3 is 15.7 Å². The maximum atomic E-state index is 13.4. The average Bonchev–Trinajstić information content (AvgIpc) is 3.64. The molecule has 1 saturated carbocycles. The SMILES string of the molecule is C[C@](N)(c1ccc(F)cc1)c1cnc(N2CC=C(c3ncnn4cc(-c5cnn([C@H]6CC[C@@H]6O)c5)cc34)CC2)nc1. The molecule has 5 heterocycles. The van der Waals surface area contributed by atoms with Crippen LogP contribution in [0.4, 0.5) is 10.3 Å². The van der Waals surface area contributed by atoms with Gasteiger partial charge in [0.1, 0.15) is 12.1 Å². The normalized spacial score (nSPS) is 20.5. The summed E-state index contributed by atoms with van der Waals surface area (Å²) in [5.41, 5.74) is 12.3. The summed E-state index contributed by atoms with van der Waals surface area (Å²) in [5, 5.41) is 18.9. The number of aliphatic hydroxyl groups excluding tert-OH is 1. The zero-order chi connectivity index (χ0) is 28.1. The van der Waals surface area contributed by atoms with Gasteiger partial charge in [-0.05, 0) is 55.5 Å². The highest BCUT2D eigenvalue weighted by Crippen LogP contribution is 2.34. The number of nitrogens with two attached hydrogens (primary N) is 1. The van der Waals surface area contributed by atoms with Crippen molar-refractivity contribution in [2.24, 2.45) is 5.73 Å². The lowest BCUT2D eigenvalue weighted by Crippen LogP contribution is -2.35. The van der Waals surface area contributed by atoms with Crippen molar-refractivity contribution in [1.29, 1.82) is 0 Å². The fraction of sp³-hybridized carbons (Fsp3) is 0.300. The van der Waals surface area contributed by atoms with Gasteiger partial charge in [-0.1, -0.05) is 18.2 Å². The molecule has 1 aromatic carbocycles. The van der Waals surface area contributed by atoms with Crippen molar-refractivity contribution in [3.05, 3.63) is 96.4 Å². The number of rotatable bonds is 6. The number of halogens is 1. The van der Waals surface area contributed by atoms with E-state index in [-0.39, 0.29) is 18.0 Å². The zero-order valence-electron chi connectivity index (χ0n) is 22.6. The van der Waals surface area contributed by atoms with Crippen LogP contribution in [0.15, 0.2) is 73.7 Å². The van der Waals surface area contributed by atoms with E-state index in [9.17, 15) is 9.50 Å². The van der Waals surface area contributed by atoms with E-state index in [1.807, 2.05) is 34.7 Å². The van der Waals surface area contributed by atoms with Crippen LogP contribution in [0.1, 0.15) is 49.0 Å². The van der Waals surface area contributed by atoms with E-state index in [2.05, 4.69) is 42.2 Å². The first-order chi connectivity index (χ1) is 19.9. The largest absolute Gasteiger partial charge is 0.391 e. The van der Waals surface area contributed by atoms with E-state index in [1.54, 1.807) is 30.9 Å². The van der Waals surface area contributed by atoms with Gasteiger partial charge in [0.15, 0.2) is 0 Å². The fourth-order valence-electron chi connectivity index (χ4n) is 5.56. The van der Waals surface area contributed by atoms with Crippen molar-refractivity contribution in [2.45, 2.75) is 43.9 Å². The van der Waals surface area contributed by atoms with E-state index in [0.717, 1.165) is 64.8 Å². The van der Waals surface area contributed by atoms with Crippen molar-refractivity contribution >= 4 is 17.0 Å². The summed E-state index contributed by atoms with van der Waals surface area (Å²) in [6, 6.07) is 8.33. The minimum absolute atomic E-state index is 0.0567. The maximum Gasteiger partial charge on any atom is 0.225 e. The van der Waals surface area contributed by atoms with E-state index < -0.39 is 5.54 Å². The summed E-state index contributed by atoms with van der Waals surface area (Å²) in [6.07, 6.45) is 15.3. The summed E-state index contributed by atoms with van der Waals surface area (Å²) < 4.78 is 17.1. The third-order valence-electron chi connectivity index (χ3n) is 8.36. The van der Waals surface area contributed by atoms with Crippen molar-refractivity contribution in [2.75, 3.05) is 18.0 Å². The third kappa shape index (κ3) is 4.56. The monoisotopic (exact) mass is 551 g/mol. The molecule has 0 saturated heterocycles. The Morgan fingerprint density at radius 2 is 1.78 bits per heavy atom. The molecular formula is C30H30FN9O. The highest BCUT2D eigenvalue weighted by molar-refractivity contribution is 5.80. The molecule has 11 heteroatoms. The van der Waals surface area contributed by atoms with E-state index in [4.69, 9.17) is 5.73 Å². The van der Waals surface area contributed by atoms with Gasteiger partial charge in [-0.15, -0.1) is 0 Å². The van der Waals surface area contributed by atoms with Gasteiger partial charge in [0.2, 0.25) is 5.95 Å². The Morgan fingerprint density at radius 1 is 0.976 bits per heavy atom. The number of nitrogens with zero attached hydrogens (tertiary/aromatic N) is 8. The maximum absolute atomic E-state index is 13.4. The molecule has 41 heavy (non-hydrogen) atoms. The van der Waals surface area contributed by atoms with Crippen LogP contribution in [0.2, 0.25) is 0 Å². The number of aromatic nitrogens is 7. The summed E-state index contributed by atoms with van der Waals surface area (Å²) in [7, 11) is 0. The number of benzene rings is 1. The van der Waals surface area contributed by atoms with Crippen molar-refractivity contribution < 1.29 is 9.50 Å². The zero-order valence-corrected chi connectivity index (χ0v) is 22.6. The number of aliphatic hydroxyl groups is 1. The van der Waals surface area contributed by atoms with Crippen LogP contribution in [0.3, 0.4) is 0 Å². The predicted molar refractivity (Wildman–Crippen MR) is 152 cm³/mol. The summed E-state index contributed by atoms with van der Waals surface area (Å²) in [5.74, 6) is 0.330. The molecule has 10 nitrogen and oxygen atoms in total. The lowest BCUT2D eigenvalue weighted by molar-refractivity contribution is 0.0254. The summed E-state index contributed by atoms with van der Waals surface area (Å²) in [4.78, 5) is 16.0. The van der Waals surface area contributed by atoms with E-state index in [1.165, 1.54) is 12.1 Å². The quantitative estimate of drug-likeness (QED) is 0.327. The number of fused-ring (bicyclic) bond motifs is 1. The molecule has 0 unspecified atom stereocenters. The smallest absolute Gasteiger partial charge is 0.225 e. The average molecular weight is 552 g/mol. The Balaban J connectivity index is 1.09. The molecule has 1 fully saturated rings. The summed E-state index contributed by atoms with van der Waals surface area (Å²) >= 11 is 0. The standard InChI is InChI=1S/C30H30FN9O/c1-30(32,22-2-4-24(31)5-3-22)23-14-33-29(34-15-23)38-10-8-19(9-11-38)28-26-12-20(16-40(26)37-18-35-28)21-13-36-39(17-21)25-6-7-27(25)41/h2-5,8,12-18,25,27,41H,6-7,9-11,32H2,1H3/t25-,27-,30-/m0/s1. The molecule has 0 bridgehead atoms. The van der Waals surface area contributed by atoms with Gasteiger partial charge in [0, 0.05) is 54.6 Å². The second kappa shape index (κ2) is 9.86. The van der Waals surface area contributed by atoms with Gasteiger partial charge in [-0.2, -0.15) is 10.2 Å². The van der Waals surface area contributed by atoms with Crippen molar-refractivity contribution in [1.82, 2.24) is 34.3 Å². The van der Waals surface area contributed by atoms with Gasteiger partial charge in [0.25, 0.3) is 0 Å². The molecule has 0 spiro atoms. The van der Waals surface area contributed by atoms with Crippen LogP contribution < -0.4 is 10.6 Å². The lowest BCUT2D eigenvalue weighted by atomic mass is 9.87. The second-order valence-electron chi connectivity index (χ2n) is 11.0. The Kier molecular flexibility index (Phi) is 6.13. The first-order valence-corrected chi connectivity index (χ1v) is 13.7. The minimum atomic E-state index is -0.840. The van der Waals surface area contributed by atoms with Crippen LogP contribution in [0, 0.1) is 5.82 Å². The highest BCUT2D eigenvalue weighted by Gasteiger charge is 2.31. The van der Waals surface area contributed by atoms with Gasteiger partial charge in [0.05, 0.1) is 35.1 Å². The van der Waals surface area contributed by atoms with Crippen LogP contribution in [0.25, 0.3) is 22.2 Å².